The summed E-state index contributed by atoms with van der Waals surface area (Å²) in [7, 11) is 0. The Hall–Kier alpha value is -4.85. The topological polar surface area (TPSA) is 95.0 Å². The van der Waals surface area contributed by atoms with Gasteiger partial charge in [0.2, 0.25) is 5.88 Å². The van der Waals surface area contributed by atoms with Crippen molar-refractivity contribution >= 4 is 23.1 Å². The Kier molecular flexibility index (Phi) is 6.94. The zero-order valence-electron chi connectivity index (χ0n) is 22.5. The lowest BCUT2D eigenvalue weighted by Gasteiger charge is -2.37. The van der Waals surface area contributed by atoms with Crippen molar-refractivity contribution in [2.24, 2.45) is 0 Å². The van der Waals surface area contributed by atoms with Crippen LogP contribution in [0.1, 0.15) is 42.3 Å². The Morgan fingerprint density at radius 2 is 1.74 bits per heavy atom. The highest BCUT2D eigenvalue weighted by Gasteiger charge is 2.30. The number of benzene rings is 3. The summed E-state index contributed by atoms with van der Waals surface area (Å²) in [6.45, 7) is 8.42. The zero-order chi connectivity index (χ0) is 27.6. The molecule has 0 bridgehead atoms. The SMILES string of the molecule is Cc1ccc(Oc2ccc3nc(N)cn3n2)cc1N(C(=O)c1cccc(OCc2ccccc2)c1)C(C)(C)C. The van der Waals surface area contributed by atoms with E-state index in [1.54, 1.807) is 33.8 Å². The van der Waals surface area contributed by atoms with E-state index < -0.39 is 5.54 Å². The molecule has 198 valence electrons. The van der Waals surface area contributed by atoms with Crippen LogP contribution in [-0.2, 0) is 6.61 Å². The average Bonchev–Trinajstić information content (AvgIpc) is 3.28. The summed E-state index contributed by atoms with van der Waals surface area (Å²) in [6, 6.07) is 26.4. The number of carbonyl (C=O) groups excluding carboxylic acids is 1. The van der Waals surface area contributed by atoms with Crippen molar-refractivity contribution in [2.45, 2.75) is 39.8 Å². The summed E-state index contributed by atoms with van der Waals surface area (Å²) in [5.41, 5.74) is 9.16. The molecule has 0 spiro atoms. The number of anilines is 2. The van der Waals surface area contributed by atoms with Crippen molar-refractivity contribution < 1.29 is 14.3 Å². The first-order valence-electron chi connectivity index (χ1n) is 12.7. The Labute approximate surface area is 227 Å². The fraction of sp³-hybridized carbons (Fsp3) is 0.194. The minimum absolute atomic E-state index is 0.138. The minimum Gasteiger partial charge on any atom is -0.489 e. The van der Waals surface area contributed by atoms with Gasteiger partial charge in [0, 0.05) is 23.2 Å². The van der Waals surface area contributed by atoms with Crippen LogP contribution in [0.5, 0.6) is 17.4 Å². The first-order valence-corrected chi connectivity index (χ1v) is 12.7. The monoisotopic (exact) mass is 521 g/mol. The van der Waals surface area contributed by atoms with E-state index in [1.165, 1.54) is 0 Å². The third-order valence-electron chi connectivity index (χ3n) is 6.16. The summed E-state index contributed by atoms with van der Waals surface area (Å²) in [4.78, 5) is 20.0. The fourth-order valence-corrected chi connectivity index (χ4v) is 4.32. The standard InChI is InChI=1S/C31H31N5O3/c1-21-13-14-25(39-29-16-15-28-33-27(32)19-35(28)34-29)18-26(21)36(31(2,3)4)30(37)23-11-8-12-24(17-23)38-20-22-9-6-5-7-10-22/h5-19H,20,32H2,1-4H3. The van der Waals surface area contributed by atoms with Gasteiger partial charge in [-0.25, -0.2) is 9.50 Å². The molecule has 1 amide bonds. The van der Waals surface area contributed by atoms with Gasteiger partial charge in [-0.05, 0) is 69.2 Å². The second-order valence-electron chi connectivity index (χ2n) is 10.3. The van der Waals surface area contributed by atoms with Crippen LogP contribution in [0.2, 0.25) is 0 Å². The van der Waals surface area contributed by atoms with Crippen LogP contribution in [0.15, 0.2) is 91.1 Å². The normalized spacial score (nSPS) is 11.4. The van der Waals surface area contributed by atoms with Crippen molar-refractivity contribution in [1.82, 2.24) is 14.6 Å². The second kappa shape index (κ2) is 10.5. The van der Waals surface area contributed by atoms with Crippen LogP contribution in [0, 0.1) is 6.92 Å². The Balaban J connectivity index is 1.42. The van der Waals surface area contributed by atoms with Crippen LogP contribution in [0.3, 0.4) is 0 Å². The van der Waals surface area contributed by atoms with Gasteiger partial charge in [-0.3, -0.25) is 4.79 Å². The molecule has 0 aliphatic rings. The molecule has 8 heteroatoms. The van der Waals surface area contributed by atoms with Gasteiger partial charge >= 0.3 is 0 Å². The quantitative estimate of drug-likeness (QED) is 0.265. The fourth-order valence-electron chi connectivity index (χ4n) is 4.32. The van der Waals surface area contributed by atoms with E-state index in [0.29, 0.717) is 41.0 Å². The van der Waals surface area contributed by atoms with Crippen molar-refractivity contribution in [3.05, 3.63) is 108 Å². The van der Waals surface area contributed by atoms with Gasteiger partial charge in [-0.1, -0.05) is 42.5 Å². The van der Waals surface area contributed by atoms with Gasteiger partial charge in [-0.2, -0.15) is 0 Å². The maximum Gasteiger partial charge on any atom is 0.258 e. The highest BCUT2D eigenvalue weighted by Crippen LogP contribution is 2.34. The number of nitrogens with two attached hydrogens (primary N) is 1. The first-order chi connectivity index (χ1) is 18.7. The predicted molar refractivity (Wildman–Crippen MR) is 152 cm³/mol. The molecule has 39 heavy (non-hydrogen) atoms. The molecule has 0 saturated carbocycles. The Morgan fingerprint density at radius 1 is 0.949 bits per heavy atom. The van der Waals surface area contributed by atoms with Gasteiger partial charge in [-0.15, -0.1) is 5.10 Å². The van der Waals surface area contributed by atoms with Gasteiger partial charge in [0.15, 0.2) is 5.65 Å². The molecule has 0 aliphatic carbocycles. The molecular formula is C31H31N5O3. The lowest BCUT2D eigenvalue weighted by molar-refractivity contribution is 0.0965. The van der Waals surface area contributed by atoms with E-state index in [4.69, 9.17) is 15.2 Å². The molecule has 2 N–H and O–H groups in total. The van der Waals surface area contributed by atoms with E-state index in [9.17, 15) is 4.79 Å². The van der Waals surface area contributed by atoms with Crippen LogP contribution in [0.25, 0.3) is 5.65 Å². The lowest BCUT2D eigenvalue weighted by atomic mass is 10.0. The Bertz CT molecular complexity index is 1620. The number of amides is 1. The number of ether oxygens (including phenoxy) is 2. The summed E-state index contributed by atoms with van der Waals surface area (Å²) >= 11 is 0. The molecule has 5 aromatic rings. The zero-order valence-corrected chi connectivity index (χ0v) is 22.5. The maximum atomic E-state index is 14.0. The van der Waals surface area contributed by atoms with Crippen LogP contribution < -0.4 is 20.1 Å². The first kappa shape index (κ1) is 25.8. The molecule has 8 nitrogen and oxygen atoms in total. The molecule has 0 atom stereocenters. The van der Waals surface area contributed by atoms with Gasteiger partial charge < -0.3 is 20.1 Å². The third kappa shape index (κ3) is 5.85. The molecule has 5 rings (SSSR count). The number of carbonyl (C=O) groups is 1. The summed E-state index contributed by atoms with van der Waals surface area (Å²) in [6.07, 6.45) is 1.63. The number of fused-ring (bicyclic) bond motifs is 1. The number of rotatable bonds is 7. The molecule has 0 unspecified atom stereocenters. The molecule has 0 radical (unpaired) electrons. The minimum atomic E-state index is -0.521. The highest BCUT2D eigenvalue weighted by molar-refractivity contribution is 6.07. The summed E-state index contributed by atoms with van der Waals surface area (Å²) in [5, 5.41) is 4.43. The number of imidazole rings is 1. The molecule has 2 aromatic heterocycles. The molecule has 2 heterocycles. The smallest absolute Gasteiger partial charge is 0.258 e. The van der Waals surface area contributed by atoms with Crippen LogP contribution in [0.4, 0.5) is 11.5 Å². The largest absolute Gasteiger partial charge is 0.489 e. The predicted octanol–water partition coefficient (Wildman–Crippen LogP) is 6.44. The van der Waals surface area contributed by atoms with E-state index in [2.05, 4.69) is 10.1 Å². The second-order valence-corrected chi connectivity index (χ2v) is 10.3. The van der Waals surface area contributed by atoms with Crippen molar-refractivity contribution in [1.29, 1.82) is 0 Å². The van der Waals surface area contributed by atoms with E-state index in [1.807, 2.05) is 94.4 Å². The maximum absolute atomic E-state index is 14.0. The summed E-state index contributed by atoms with van der Waals surface area (Å²) in [5.74, 6) is 1.81. The molecular weight excluding hydrogens is 490 g/mol. The van der Waals surface area contributed by atoms with Crippen LogP contribution >= 0.6 is 0 Å². The van der Waals surface area contributed by atoms with Crippen molar-refractivity contribution in [3.8, 4) is 17.4 Å². The lowest BCUT2D eigenvalue weighted by Crippen LogP contribution is -2.46. The number of hydrogen-bond donors (Lipinski definition) is 1. The van der Waals surface area contributed by atoms with E-state index in [-0.39, 0.29) is 5.91 Å². The van der Waals surface area contributed by atoms with E-state index in [0.717, 1.165) is 16.8 Å². The molecule has 3 aromatic carbocycles. The molecule has 0 aliphatic heterocycles. The van der Waals surface area contributed by atoms with Crippen LogP contribution in [-0.4, -0.2) is 26.0 Å². The van der Waals surface area contributed by atoms with Gasteiger partial charge in [0.1, 0.15) is 23.9 Å². The number of aromatic nitrogens is 3. The number of nitrogen functional groups attached to an aromatic ring is 1. The van der Waals surface area contributed by atoms with Crippen molar-refractivity contribution in [3.63, 3.8) is 0 Å². The number of nitrogens with zero attached hydrogens (tertiary/aromatic N) is 4. The summed E-state index contributed by atoms with van der Waals surface area (Å²) < 4.78 is 13.6. The molecule has 0 saturated heterocycles. The van der Waals surface area contributed by atoms with E-state index >= 15 is 0 Å². The highest BCUT2D eigenvalue weighted by atomic mass is 16.5. The number of aryl methyl sites for hydroxylation is 1. The average molecular weight is 522 g/mol. The third-order valence-corrected chi connectivity index (χ3v) is 6.16. The van der Waals surface area contributed by atoms with Crippen molar-refractivity contribution in [2.75, 3.05) is 10.6 Å². The van der Waals surface area contributed by atoms with Gasteiger partial charge in [0.05, 0.1) is 11.9 Å². The van der Waals surface area contributed by atoms with Gasteiger partial charge in [0.25, 0.3) is 5.91 Å². The molecule has 0 fully saturated rings. The Morgan fingerprint density at radius 3 is 2.51 bits per heavy atom. The number of hydrogen-bond acceptors (Lipinski definition) is 6.